The van der Waals surface area contributed by atoms with Gasteiger partial charge in [-0.25, -0.2) is 9.38 Å². The van der Waals surface area contributed by atoms with Crippen molar-refractivity contribution in [3.8, 4) is 0 Å². The van der Waals surface area contributed by atoms with Gasteiger partial charge < -0.3 is 5.32 Å². The van der Waals surface area contributed by atoms with Crippen LogP contribution in [-0.4, -0.2) is 33.2 Å². The molecule has 1 saturated carbocycles. The largest absolute Gasteiger partial charge is 0.326 e. The summed E-state index contributed by atoms with van der Waals surface area (Å²) >= 11 is 1.34. The first-order valence-corrected chi connectivity index (χ1v) is 10.1. The highest BCUT2D eigenvalue weighted by atomic mass is 32.2. The molecule has 2 aromatic carbocycles. The van der Waals surface area contributed by atoms with Crippen molar-refractivity contribution in [3.63, 3.8) is 0 Å². The van der Waals surface area contributed by atoms with Crippen LogP contribution in [0.5, 0.6) is 0 Å². The minimum Gasteiger partial charge on any atom is -0.326 e. The average molecular weight is 397 g/mol. The fraction of sp³-hybridized carbons (Fsp3) is 0.286. The lowest BCUT2D eigenvalue weighted by Gasteiger charge is -2.15. The van der Waals surface area contributed by atoms with Crippen LogP contribution in [0.25, 0.3) is 0 Å². The van der Waals surface area contributed by atoms with E-state index in [1.807, 2.05) is 31.2 Å². The highest BCUT2D eigenvalue weighted by Crippen LogP contribution is 2.39. The Bertz CT molecular complexity index is 941. The molecule has 1 aliphatic carbocycles. The van der Waals surface area contributed by atoms with Crippen LogP contribution >= 0.6 is 11.8 Å². The van der Waals surface area contributed by atoms with Crippen LogP contribution in [0.15, 0.2) is 53.5 Å². The van der Waals surface area contributed by atoms with Gasteiger partial charge >= 0.3 is 0 Å². The van der Waals surface area contributed by atoms with E-state index >= 15 is 0 Å². The number of aliphatic imine (C=N–C) groups is 1. The minimum atomic E-state index is -0.496. The second-order valence-electron chi connectivity index (χ2n) is 7.04. The van der Waals surface area contributed by atoms with E-state index in [0.29, 0.717) is 10.9 Å². The highest BCUT2D eigenvalue weighted by molar-refractivity contribution is 8.15. The second-order valence-corrected chi connectivity index (χ2v) is 8.21. The fourth-order valence-corrected chi connectivity index (χ4v) is 4.30. The zero-order valence-electron chi connectivity index (χ0n) is 15.4. The third kappa shape index (κ3) is 4.25. The fourth-order valence-electron chi connectivity index (χ4n) is 3.08. The lowest BCUT2D eigenvalue weighted by molar-refractivity contribution is -0.128. The van der Waals surface area contributed by atoms with Gasteiger partial charge in [-0.15, -0.1) is 0 Å². The number of carbonyl (C=O) groups is 2. The first-order chi connectivity index (χ1) is 13.5. The molecule has 2 aliphatic rings. The molecule has 1 heterocycles. The number of thioether (sulfide) groups is 1. The lowest BCUT2D eigenvalue weighted by atomic mass is 10.2. The quantitative estimate of drug-likeness (QED) is 0.820. The van der Waals surface area contributed by atoms with E-state index in [1.165, 1.54) is 36.0 Å². The van der Waals surface area contributed by atoms with Crippen molar-refractivity contribution in [2.75, 3.05) is 5.32 Å². The van der Waals surface area contributed by atoms with Gasteiger partial charge in [-0.1, -0.05) is 23.9 Å². The van der Waals surface area contributed by atoms with Crippen molar-refractivity contribution < 1.29 is 14.0 Å². The van der Waals surface area contributed by atoms with Gasteiger partial charge in [0.2, 0.25) is 11.8 Å². The van der Waals surface area contributed by atoms with E-state index in [2.05, 4.69) is 10.3 Å². The first-order valence-electron chi connectivity index (χ1n) is 9.20. The van der Waals surface area contributed by atoms with Crippen molar-refractivity contribution in [1.82, 2.24) is 4.90 Å². The Balaban J connectivity index is 1.48. The molecule has 5 nitrogen and oxygen atoms in total. The third-order valence-electron chi connectivity index (χ3n) is 4.60. The maximum absolute atomic E-state index is 13.0. The monoisotopic (exact) mass is 397 g/mol. The van der Waals surface area contributed by atoms with Crippen molar-refractivity contribution in [2.45, 2.75) is 37.5 Å². The molecule has 1 saturated heterocycles. The molecule has 28 heavy (non-hydrogen) atoms. The number of hydrogen-bond donors (Lipinski definition) is 1. The topological polar surface area (TPSA) is 61.8 Å². The summed E-state index contributed by atoms with van der Waals surface area (Å²) in [6.45, 7) is 2.00. The molecule has 0 aromatic heterocycles. The van der Waals surface area contributed by atoms with E-state index in [9.17, 15) is 14.0 Å². The maximum Gasteiger partial charge on any atom is 0.242 e. The van der Waals surface area contributed by atoms with E-state index in [1.54, 1.807) is 4.90 Å². The standard InChI is InChI=1S/C21H20FN3O2S/c1-13-3-2-4-16(11-13)24-21-25(17-9-10-17)20(27)18(28-21)12-19(26)23-15-7-5-14(22)6-8-15/h2-8,11,17-18H,9-10,12H2,1H3,(H,23,26)/t18-/m1/s1. The van der Waals surface area contributed by atoms with Gasteiger partial charge in [-0.3, -0.25) is 14.5 Å². The van der Waals surface area contributed by atoms with Crippen LogP contribution < -0.4 is 5.32 Å². The normalized spacial score (nSPS) is 20.6. The molecule has 0 spiro atoms. The van der Waals surface area contributed by atoms with E-state index in [0.717, 1.165) is 24.1 Å². The lowest BCUT2D eigenvalue weighted by Crippen LogP contribution is -2.35. The van der Waals surface area contributed by atoms with Gasteiger partial charge in [-0.2, -0.15) is 0 Å². The number of rotatable bonds is 5. The predicted molar refractivity (Wildman–Crippen MR) is 109 cm³/mol. The first kappa shape index (κ1) is 18.7. The van der Waals surface area contributed by atoms with Gasteiger partial charge in [0.15, 0.2) is 5.17 Å². The van der Waals surface area contributed by atoms with E-state index in [-0.39, 0.29) is 30.1 Å². The summed E-state index contributed by atoms with van der Waals surface area (Å²) in [7, 11) is 0. The minimum absolute atomic E-state index is 0.0525. The van der Waals surface area contributed by atoms with Gasteiger partial charge in [0.05, 0.1) is 5.69 Å². The molecular formula is C21H20FN3O2S. The second kappa shape index (κ2) is 7.75. The number of amides is 2. The Kier molecular flexibility index (Phi) is 5.17. The molecule has 4 rings (SSSR count). The van der Waals surface area contributed by atoms with Crippen molar-refractivity contribution in [3.05, 3.63) is 59.9 Å². The molecule has 2 aromatic rings. The average Bonchev–Trinajstić information content (AvgIpc) is 3.43. The van der Waals surface area contributed by atoms with Crippen molar-refractivity contribution >= 4 is 40.1 Å². The van der Waals surface area contributed by atoms with Gasteiger partial charge in [0, 0.05) is 18.2 Å². The molecule has 0 bridgehead atoms. The molecule has 1 N–H and O–H groups in total. The van der Waals surface area contributed by atoms with Crippen LogP contribution in [0.2, 0.25) is 0 Å². The number of nitrogens with zero attached hydrogens (tertiary/aromatic N) is 2. The Hall–Kier alpha value is -2.67. The van der Waals surface area contributed by atoms with Crippen LogP contribution in [-0.2, 0) is 9.59 Å². The molecule has 2 fully saturated rings. The van der Waals surface area contributed by atoms with Gasteiger partial charge in [0.1, 0.15) is 11.1 Å². The van der Waals surface area contributed by atoms with Crippen molar-refractivity contribution in [2.24, 2.45) is 4.99 Å². The third-order valence-corrected chi connectivity index (χ3v) is 5.76. The van der Waals surface area contributed by atoms with Crippen LogP contribution in [0, 0.1) is 12.7 Å². The van der Waals surface area contributed by atoms with Crippen LogP contribution in [0.4, 0.5) is 15.8 Å². The van der Waals surface area contributed by atoms with E-state index in [4.69, 9.17) is 0 Å². The van der Waals surface area contributed by atoms with Gasteiger partial charge in [-0.05, 0) is 61.7 Å². The molecule has 144 valence electrons. The number of halogens is 1. The Morgan fingerprint density at radius 1 is 1.25 bits per heavy atom. The number of amidine groups is 1. The molecule has 1 aliphatic heterocycles. The van der Waals surface area contributed by atoms with Gasteiger partial charge in [0.25, 0.3) is 0 Å². The summed E-state index contributed by atoms with van der Waals surface area (Å²) in [5, 5.41) is 2.89. The summed E-state index contributed by atoms with van der Waals surface area (Å²) in [6, 6.07) is 13.6. The summed E-state index contributed by atoms with van der Waals surface area (Å²) in [5.74, 6) is -0.699. The van der Waals surface area contributed by atoms with Crippen LogP contribution in [0.1, 0.15) is 24.8 Å². The number of aryl methyl sites for hydroxylation is 1. The molecule has 1 atom stereocenters. The summed E-state index contributed by atoms with van der Waals surface area (Å²) in [5.41, 5.74) is 2.41. The molecule has 2 amide bonds. The summed E-state index contributed by atoms with van der Waals surface area (Å²) in [6.07, 6.45) is 1.98. The Morgan fingerprint density at radius 3 is 2.68 bits per heavy atom. The number of hydrogen-bond acceptors (Lipinski definition) is 4. The smallest absolute Gasteiger partial charge is 0.242 e. The zero-order chi connectivity index (χ0) is 19.7. The molecule has 0 radical (unpaired) electrons. The summed E-state index contributed by atoms with van der Waals surface area (Å²) < 4.78 is 13.0. The molecule has 7 heteroatoms. The predicted octanol–water partition coefficient (Wildman–Crippen LogP) is 4.26. The maximum atomic E-state index is 13.0. The summed E-state index contributed by atoms with van der Waals surface area (Å²) in [4.78, 5) is 31.7. The number of carbonyl (C=O) groups excluding carboxylic acids is 2. The van der Waals surface area contributed by atoms with E-state index < -0.39 is 5.25 Å². The van der Waals surface area contributed by atoms with Crippen LogP contribution in [0.3, 0.4) is 0 Å². The number of nitrogens with one attached hydrogen (secondary N) is 1. The molecule has 0 unspecified atom stereocenters. The number of benzene rings is 2. The highest BCUT2D eigenvalue weighted by Gasteiger charge is 2.46. The van der Waals surface area contributed by atoms with Crippen molar-refractivity contribution in [1.29, 1.82) is 0 Å². The molecular weight excluding hydrogens is 377 g/mol. The Labute approximate surface area is 167 Å². The Morgan fingerprint density at radius 2 is 2.00 bits per heavy atom. The number of anilines is 1. The zero-order valence-corrected chi connectivity index (χ0v) is 16.2. The SMILES string of the molecule is Cc1cccc(N=C2S[C@H](CC(=O)Nc3ccc(F)cc3)C(=O)N2C2CC2)c1.